The first-order valence-electron chi connectivity index (χ1n) is 10.9. The van der Waals surface area contributed by atoms with Gasteiger partial charge in [0.2, 0.25) is 0 Å². The molecule has 1 N–H and O–H groups in total. The molecule has 0 spiro atoms. The predicted octanol–water partition coefficient (Wildman–Crippen LogP) is 5.19. The Morgan fingerprint density at radius 2 is 2.06 bits per heavy atom. The monoisotopic (exact) mass is 467 g/mol. The van der Waals surface area contributed by atoms with Crippen LogP contribution in [0.2, 0.25) is 0 Å². The number of hydrogen-bond acceptors (Lipinski definition) is 7. The van der Waals surface area contributed by atoms with Crippen molar-refractivity contribution in [3.05, 3.63) is 42.0 Å². The van der Waals surface area contributed by atoms with E-state index < -0.39 is 0 Å². The number of fused-ring (bicyclic) bond motifs is 1. The second-order valence-electron chi connectivity index (χ2n) is 8.33. The third-order valence-corrected chi connectivity index (χ3v) is 7.52. The highest BCUT2D eigenvalue weighted by Crippen LogP contribution is 2.43. The van der Waals surface area contributed by atoms with E-state index in [-0.39, 0.29) is 23.7 Å². The summed E-state index contributed by atoms with van der Waals surface area (Å²) < 4.78 is 27.8. The topological polar surface area (TPSA) is 74.1 Å². The number of ether oxygens (including phenoxy) is 2. The van der Waals surface area contributed by atoms with Crippen molar-refractivity contribution in [3.63, 3.8) is 0 Å². The lowest BCUT2D eigenvalue weighted by atomic mass is 10.1. The second-order valence-corrected chi connectivity index (χ2v) is 9.33. The van der Waals surface area contributed by atoms with Crippen molar-refractivity contribution in [1.82, 2.24) is 19.5 Å². The number of aromatic nitrogens is 4. The molecular formula is C24H26FN5O2S. The van der Waals surface area contributed by atoms with E-state index >= 15 is 4.39 Å². The molecule has 0 amide bonds. The van der Waals surface area contributed by atoms with E-state index in [0.29, 0.717) is 17.2 Å². The van der Waals surface area contributed by atoms with E-state index in [4.69, 9.17) is 19.4 Å². The number of nitrogens with zero attached hydrogens (tertiary/aromatic N) is 4. The molecule has 2 atom stereocenters. The van der Waals surface area contributed by atoms with Crippen LogP contribution in [-0.2, 0) is 11.8 Å². The first kappa shape index (κ1) is 21.8. The Hall–Kier alpha value is -3.04. The third-order valence-electron chi connectivity index (χ3n) is 6.30. The molecule has 3 heterocycles. The van der Waals surface area contributed by atoms with Crippen LogP contribution in [0.1, 0.15) is 24.8 Å². The minimum absolute atomic E-state index is 0.221. The van der Waals surface area contributed by atoms with Gasteiger partial charge in [0.25, 0.3) is 0 Å². The van der Waals surface area contributed by atoms with Gasteiger partial charge in [-0.1, -0.05) is 12.1 Å². The second kappa shape index (κ2) is 8.72. The fraction of sp³-hybridized carbons (Fsp3) is 0.375. The van der Waals surface area contributed by atoms with Gasteiger partial charge in [-0.3, -0.25) is 0 Å². The normalized spacial score (nSPS) is 18.2. The van der Waals surface area contributed by atoms with Crippen LogP contribution in [0.3, 0.4) is 0 Å². The van der Waals surface area contributed by atoms with Gasteiger partial charge in [0.05, 0.1) is 18.6 Å². The molecule has 4 aromatic rings. The molecule has 2 unspecified atom stereocenters. The quantitative estimate of drug-likeness (QED) is 0.420. The van der Waals surface area contributed by atoms with Crippen LogP contribution in [0.25, 0.3) is 32.3 Å². The van der Waals surface area contributed by atoms with Crippen molar-refractivity contribution in [2.24, 2.45) is 7.05 Å². The molecule has 0 radical (unpaired) electrons. The summed E-state index contributed by atoms with van der Waals surface area (Å²) in [7, 11) is 5.15. The summed E-state index contributed by atoms with van der Waals surface area (Å²) in [6.45, 7) is 1.99. The van der Waals surface area contributed by atoms with Crippen molar-refractivity contribution in [1.29, 1.82) is 0 Å². The Balaban J connectivity index is 1.67. The standard InChI is InChI=1S/C24H26FN5O2S/c1-13-18-21(27-14-8-9-15(12-14)31-3)28-22(23-26-10-11-30(23)2)29-24(18)33-20(13)16-6-5-7-17(32-4)19(16)25/h5-7,10-11,14-15H,8-9,12H2,1-4H3,(H,27,28,29). The predicted molar refractivity (Wildman–Crippen MR) is 128 cm³/mol. The maximum Gasteiger partial charge on any atom is 0.199 e. The van der Waals surface area contributed by atoms with Crippen LogP contribution in [0.5, 0.6) is 5.75 Å². The number of methoxy groups -OCH3 is 2. The summed E-state index contributed by atoms with van der Waals surface area (Å²) >= 11 is 1.46. The number of halogens is 1. The van der Waals surface area contributed by atoms with Gasteiger partial charge in [0.1, 0.15) is 10.6 Å². The number of imidazole rings is 1. The largest absolute Gasteiger partial charge is 0.494 e. The van der Waals surface area contributed by atoms with E-state index in [1.807, 2.05) is 24.7 Å². The van der Waals surface area contributed by atoms with Gasteiger partial charge in [0.15, 0.2) is 23.2 Å². The molecular weight excluding hydrogens is 441 g/mol. The van der Waals surface area contributed by atoms with Gasteiger partial charge in [-0.05, 0) is 37.8 Å². The molecule has 7 nitrogen and oxygen atoms in total. The Kier molecular flexibility index (Phi) is 5.76. The van der Waals surface area contributed by atoms with Crippen LogP contribution in [0.4, 0.5) is 10.2 Å². The molecule has 9 heteroatoms. The average molecular weight is 468 g/mol. The van der Waals surface area contributed by atoms with Gasteiger partial charge in [-0.25, -0.2) is 19.3 Å². The first-order valence-corrected chi connectivity index (χ1v) is 11.7. The van der Waals surface area contributed by atoms with Gasteiger partial charge in [-0.2, -0.15) is 0 Å². The maximum atomic E-state index is 15.1. The summed E-state index contributed by atoms with van der Waals surface area (Å²) in [5.74, 6) is 1.82. The number of rotatable bonds is 6. The molecule has 0 saturated heterocycles. The number of anilines is 1. The molecule has 1 aliphatic rings. The molecule has 5 rings (SSSR count). The lowest BCUT2D eigenvalue weighted by molar-refractivity contribution is 0.108. The van der Waals surface area contributed by atoms with Crippen molar-refractivity contribution >= 4 is 27.4 Å². The van der Waals surface area contributed by atoms with Crippen LogP contribution < -0.4 is 10.1 Å². The fourth-order valence-corrected chi connectivity index (χ4v) is 5.70. The Labute approximate surface area is 195 Å². The smallest absolute Gasteiger partial charge is 0.199 e. The zero-order chi connectivity index (χ0) is 23.1. The summed E-state index contributed by atoms with van der Waals surface area (Å²) in [4.78, 5) is 15.8. The zero-order valence-electron chi connectivity index (χ0n) is 19.1. The minimum Gasteiger partial charge on any atom is -0.494 e. The Morgan fingerprint density at radius 3 is 2.76 bits per heavy atom. The van der Waals surface area contributed by atoms with Crippen LogP contribution in [-0.4, -0.2) is 45.9 Å². The molecule has 0 bridgehead atoms. The van der Waals surface area contributed by atoms with Gasteiger partial charge >= 0.3 is 0 Å². The number of aryl methyl sites for hydroxylation is 2. The molecule has 1 saturated carbocycles. The van der Waals surface area contributed by atoms with Gasteiger partial charge < -0.3 is 19.4 Å². The van der Waals surface area contributed by atoms with Crippen molar-refractivity contribution in [2.75, 3.05) is 19.5 Å². The number of benzene rings is 1. The van der Waals surface area contributed by atoms with E-state index in [1.165, 1.54) is 18.4 Å². The number of thiophene rings is 1. The average Bonchev–Trinajstić information content (AvgIpc) is 3.53. The highest BCUT2D eigenvalue weighted by molar-refractivity contribution is 7.22. The highest BCUT2D eigenvalue weighted by atomic mass is 32.1. The van der Waals surface area contributed by atoms with Crippen molar-refractivity contribution in [2.45, 2.75) is 38.3 Å². The summed E-state index contributed by atoms with van der Waals surface area (Å²) in [6, 6.07) is 5.45. The van der Waals surface area contributed by atoms with Crippen LogP contribution >= 0.6 is 11.3 Å². The number of hydrogen-bond donors (Lipinski definition) is 1. The van der Waals surface area contributed by atoms with Crippen molar-refractivity contribution < 1.29 is 13.9 Å². The molecule has 1 fully saturated rings. The lowest BCUT2D eigenvalue weighted by Gasteiger charge is -2.16. The molecule has 172 valence electrons. The van der Waals surface area contributed by atoms with Gasteiger partial charge in [0, 0.05) is 43.0 Å². The lowest BCUT2D eigenvalue weighted by Crippen LogP contribution is -2.18. The van der Waals surface area contributed by atoms with E-state index in [1.54, 1.807) is 31.5 Å². The van der Waals surface area contributed by atoms with E-state index in [2.05, 4.69) is 10.3 Å². The molecule has 1 aliphatic carbocycles. The Morgan fingerprint density at radius 1 is 1.21 bits per heavy atom. The molecule has 1 aromatic carbocycles. The van der Waals surface area contributed by atoms with Crippen molar-refractivity contribution in [3.8, 4) is 27.8 Å². The van der Waals surface area contributed by atoms with Gasteiger partial charge in [-0.15, -0.1) is 11.3 Å². The third kappa shape index (κ3) is 3.85. The maximum absolute atomic E-state index is 15.1. The Bertz CT molecular complexity index is 1320. The summed E-state index contributed by atoms with van der Waals surface area (Å²) in [6.07, 6.45) is 6.78. The first-order chi connectivity index (χ1) is 16.0. The van der Waals surface area contributed by atoms with E-state index in [0.717, 1.165) is 45.7 Å². The molecule has 3 aromatic heterocycles. The number of nitrogens with one attached hydrogen (secondary N) is 1. The summed E-state index contributed by atoms with van der Waals surface area (Å²) in [5.41, 5.74) is 1.44. The zero-order valence-corrected chi connectivity index (χ0v) is 19.9. The highest BCUT2D eigenvalue weighted by Gasteiger charge is 2.27. The van der Waals surface area contributed by atoms with Crippen LogP contribution in [0.15, 0.2) is 30.6 Å². The molecule has 0 aliphatic heterocycles. The molecule has 33 heavy (non-hydrogen) atoms. The van der Waals surface area contributed by atoms with E-state index in [9.17, 15) is 0 Å². The SMILES string of the molecule is COc1cccc(-c2sc3nc(-c4nccn4C)nc(NC4CCC(OC)C4)c3c2C)c1F. The summed E-state index contributed by atoms with van der Waals surface area (Å²) in [5, 5.41) is 4.55. The van der Waals surface area contributed by atoms with Crippen LogP contribution in [0, 0.1) is 12.7 Å². The fourth-order valence-electron chi connectivity index (χ4n) is 4.50. The minimum atomic E-state index is -0.375.